The number of carbonyl (C=O) groups is 3. The van der Waals surface area contributed by atoms with Crippen LogP contribution < -0.4 is 14.8 Å². The largest absolute Gasteiger partial charge is 0.486 e. The van der Waals surface area contributed by atoms with Gasteiger partial charge in [-0.1, -0.05) is 79.3 Å². The number of imide groups is 1. The van der Waals surface area contributed by atoms with E-state index in [2.05, 4.69) is 35.9 Å². The van der Waals surface area contributed by atoms with Crippen molar-refractivity contribution in [3.05, 3.63) is 125 Å². The molecule has 0 radical (unpaired) electrons. The highest BCUT2D eigenvalue weighted by atomic mass is 32.2. The lowest BCUT2D eigenvalue weighted by Crippen LogP contribution is -2.25. The Morgan fingerprint density at radius 3 is 2.40 bits per heavy atom. The fourth-order valence-corrected chi connectivity index (χ4v) is 7.71. The molecule has 1 fully saturated rings. The molecule has 15 nitrogen and oxygen atoms in total. The first-order chi connectivity index (χ1) is 27.7. The Kier molecular flexibility index (Phi) is 10.5. The molecule has 0 aliphatic carbocycles. The van der Waals surface area contributed by atoms with Crippen molar-refractivity contribution in [3.63, 3.8) is 0 Å². The molecule has 1 aliphatic heterocycles. The van der Waals surface area contributed by atoms with Gasteiger partial charge in [-0.2, -0.15) is 5.21 Å². The van der Waals surface area contributed by atoms with E-state index in [9.17, 15) is 19.5 Å². The summed E-state index contributed by atoms with van der Waals surface area (Å²) in [4.78, 5) is 49.0. The van der Waals surface area contributed by atoms with E-state index in [1.165, 1.54) is 0 Å². The van der Waals surface area contributed by atoms with Crippen LogP contribution in [0.15, 0.2) is 91.0 Å². The lowest BCUT2D eigenvalue weighted by Gasteiger charge is -2.15. The molecule has 288 valence electrons. The third kappa shape index (κ3) is 8.11. The van der Waals surface area contributed by atoms with Crippen molar-refractivity contribution in [2.24, 2.45) is 0 Å². The van der Waals surface area contributed by atoms with Gasteiger partial charge in [-0.3, -0.25) is 14.9 Å². The number of H-pyrrole nitrogens is 2. The summed E-state index contributed by atoms with van der Waals surface area (Å²) >= 11 is 1.01. The standard InChI is InChI=1S/C41H37N9O6S/c1-3-6-35-44-36(37(40(52)53)50(35)21-25-9-13-26(14-10-25)29-7-4-5-8-30(29)38-46-48-49-47-38)23(2)56-28-17-18-31-32(20-28)43-34(42-31)22-55-27-15-11-24(12-16-27)19-33-39(51)45-41(54)57-33/h4-5,7-18,20,23,33H,3,6,19,21-22H2,1-2H3,(H,42,43)(H,52,53)(H,45,51,54)(H,46,47,48,49). The van der Waals surface area contributed by atoms with Crippen LogP contribution in [0.3, 0.4) is 0 Å². The number of aromatic nitrogens is 8. The Balaban J connectivity index is 0.952. The number of imidazole rings is 2. The number of carboxylic acid groups (broad SMARTS) is 1. The van der Waals surface area contributed by atoms with Crippen LogP contribution >= 0.6 is 11.8 Å². The zero-order valence-electron chi connectivity index (χ0n) is 30.9. The Morgan fingerprint density at radius 2 is 1.70 bits per heavy atom. The minimum atomic E-state index is -1.08. The van der Waals surface area contributed by atoms with Crippen molar-refractivity contribution >= 4 is 39.9 Å². The third-order valence-corrected chi connectivity index (χ3v) is 10.5. The maximum atomic E-state index is 12.9. The minimum absolute atomic E-state index is 0.0885. The van der Waals surface area contributed by atoms with Gasteiger partial charge in [0, 0.05) is 24.6 Å². The molecule has 2 amide bonds. The molecule has 0 saturated carbocycles. The average Bonchev–Trinajstić information content (AvgIpc) is 4.02. The van der Waals surface area contributed by atoms with E-state index in [1.807, 2.05) is 91.9 Å². The number of carbonyl (C=O) groups excluding carboxylic acids is 2. The third-order valence-electron chi connectivity index (χ3n) is 9.56. The average molecular weight is 784 g/mol. The van der Waals surface area contributed by atoms with Gasteiger partial charge in [0.05, 0.1) is 16.3 Å². The molecule has 4 N–H and O–H groups in total. The molecule has 16 heteroatoms. The SMILES string of the molecule is CCCc1nc(C(C)Oc2ccc3nc(COc4ccc(CC5SC(=O)NC5=O)cc4)[nH]c3c2)c(C(=O)O)n1Cc1ccc(-c2ccccc2-c2nn[nH]n2)cc1. The van der Waals surface area contributed by atoms with Crippen molar-refractivity contribution in [1.29, 1.82) is 0 Å². The van der Waals surface area contributed by atoms with Crippen molar-refractivity contribution in [2.75, 3.05) is 0 Å². The fraction of sp³-hybridized carbons (Fsp3) is 0.220. The number of aryl methyl sites for hydroxylation is 1. The number of hydrogen-bond acceptors (Lipinski definition) is 11. The van der Waals surface area contributed by atoms with E-state index in [0.29, 0.717) is 54.1 Å². The van der Waals surface area contributed by atoms with Crippen LogP contribution in [0.1, 0.15) is 65.3 Å². The molecule has 57 heavy (non-hydrogen) atoms. The number of nitrogens with zero attached hydrogens (tertiary/aromatic N) is 6. The molecular formula is C41H37N9O6S. The van der Waals surface area contributed by atoms with Gasteiger partial charge in [0.15, 0.2) is 5.69 Å². The molecule has 2 atom stereocenters. The number of aromatic carboxylic acids is 1. The lowest BCUT2D eigenvalue weighted by molar-refractivity contribution is -0.118. The van der Waals surface area contributed by atoms with Crippen LogP contribution in [0.4, 0.5) is 4.79 Å². The zero-order valence-corrected chi connectivity index (χ0v) is 31.7. The normalized spacial score (nSPS) is 14.5. The van der Waals surface area contributed by atoms with E-state index in [0.717, 1.165) is 57.0 Å². The Labute approximate surface area is 330 Å². The van der Waals surface area contributed by atoms with Crippen molar-refractivity contribution in [3.8, 4) is 34.0 Å². The van der Waals surface area contributed by atoms with Crippen LogP contribution in [0.5, 0.6) is 11.5 Å². The van der Waals surface area contributed by atoms with Gasteiger partial charge in [-0.15, -0.1) is 10.2 Å². The lowest BCUT2D eigenvalue weighted by atomic mass is 9.98. The highest BCUT2D eigenvalue weighted by Crippen LogP contribution is 2.32. The zero-order chi connectivity index (χ0) is 39.5. The van der Waals surface area contributed by atoms with E-state index in [-0.39, 0.29) is 23.4 Å². The van der Waals surface area contributed by atoms with Crippen LogP contribution in [-0.4, -0.2) is 67.6 Å². The van der Waals surface area contributed by atoms with Crippen LogP contribution in [-0.2, 0) is 30.8 Å². The summed E-state index contributed by atoms with van der Waals surface area (Å²) in [5.41, 5.74) is 6.49. The van der Waals surface area contributed by atoms with Gasteiger partial charge in [-0.25, -0.2) is 14.8 Å². The molecule has 1 aliphatic rings. The molecule has 0 spiro atoms. The maximum absolute atomic E-state index is 12.9. The topological polar surface area (TPSA) is 203 Å². The summed E-state index contributed by atoms with van der Waals surface area (Å²) in [6.45, 7) is 4.34. The number of hydrogen-bond donors (Lipinski definition) is 4. The number of tetrazole rings is 1. The molecule has 2 unspecified atom stereocenters. The van der Waals surface area contributed by atoms with Gasteiger partial charge < -0.3 is 24.1 Å². The number of thioether (sulfide) groups is 1. The summed E-state index contributed by atoms with van der Waals surface area (Å²) in [5, 5.41) is 26.6. The van der Waals surface area contributed by atoms with E-state index in [4.69, 9.17) is 14.5 Å². The van der Waals surface area contributed by atoms with Crippen molar-refractivity contribution in [1.82, 2.24) is 45.5 Å². The van der Waals surface area contributed by atoms with E-state index < -0.39 is 17.3 Å². The number of rotatable bonds is 15. The second-order valence-corrected chi connectivity index (χ2v) is 14.7. The highest BCUT2D eigenvalue weighted by molar-refractivity contribution is 8.15. The summed E-state index contributed by atoms with van der Waals surface area (Å²) < 4.78 is 14.1. The number of amides is 2. The van der Waals surface area contributed by atoms with Gasteiger partial charge >= 0.3 is 5.97 Å². The number of ether oxygens (including phenoxy) is 2. The van der Waals surface area contributed by atoms with Crippen molar-refractivity contribution in [2.45, 2.75) is 57.6 Å². The number of benzene rings is 4. The number of carboxylic acids is 1. The maximum Gasteiger partial charge on any atom is 0.354 e. The summed E-state index contributed by atoms with van der Waals surface area (Å²) in [7, 11) is 0. The Morgan fingerprint density at radius 1 is 0.947 bits per heavy atom. The molecule has 0 bridgehead atoms. The first-order valence-electron chi connectivity index (χ1n) is 18.4. The van der Waals surface area contributed by atoms with Gasteiger partial charge in [0.25, 0.3) is 5.24 Å². The quantitative estimate of drug-likeness (QED) is 0.0837. The van der Waals surface area contributed by atoms with Gasteiger partial charge in [0.1, 0.15) is 41.6 Å². The summed E-state index contributed by atoms with van der Waals surface area (Å²) in [6, 6.07) is 28.6. The molecular weight excluding hydrogens is 747 g/mol. The summed E-state index contributed by atoms with van der Waals surface area (Å²) in [5.74, 6) is 1.59. The molecule has 8 rings (SSSR count). The van der Waals surface area contributed by atoms with Gasteiger partial charge in [-0.05, 0) is 71.5 Å². The molecule has 1 saturated heterocycles. The summed E-state index contributed by atoms with van der Waals surface area (Å²) in [6.07, 6.45) is 1.15. The number of aromatic amines is 2. The van der Waals surface area contributed by atoms with Crippen molar-refractivity contribution < 1.29 is 29.0 Å². The minimum Gasteiger partial charge on any atom is -0.486 e. The molecule has 4 heterocycles. The highest BCUT2D eigenvalue weighted by Gasteiger charge is 2.31. The predicted molar refractivity (Wildman–Crippen MR) is 212 cm³/mol. The molecule has 7 aromatic rings. The predicted octanol–water partition coefficient (Wildman–Crippen LogP) is 6.92. The van der Waals surface area contributed by atoms with Crippen LogP contribution in [0, 0.1) is 0 Å². The number of fused-ring (bicyclic) bond motifs is 1. The van der Waals surface area contributed by atoms with E-state index >= 15 is 0 Å². The second-order valence-electron chi connectivity index (χ2n) is 13.5. The molecule has 3 aromatic heterocycles. The monoisotopic (exact) mass is 783 g/mol. The van der Waals surface area contributed by atoms with Gasteiger partial charge in [0.2, 0.25) is 11.7 Å². The smallest absolute Gasteiger partial charge is 0.354 e. The van der Waals surface area contributed by atoms with E-state index in [1.54, 1.807) is 17.6 Å². The van der Waals surface area contributed by atoms with Crippen LogP contribution in [0.25, 0.3) is 33.5 Å². The first-order valence-corrected chi connectivity index (χ1v) is 19.2. The Hall–Kier alpha value is -6.81. The van der Waals surface area contributed by atoms with Crippen LogP contribution in [0.2, 0.25) is 0 Å². The number of nitrogens with one attached hydrogen (secondary N) is 3. The fourth-order valence-electron chi connectivity index (χ4n) is 6.85. The second kappa shape index (κ2) is 16.1. The molecule has 4 aromatic carbocycles. The first kappa shape index (κ1) is 37.1. The Bertz CT molecular complexity index is 2570.